The molecule has 0 saturated carbocycles. The normalized spacial score (nSPS) is 23.1. The molecule has 0 bridgehead atoms. The van der Waals surface area contributed by atoms with Crippen LogP contribution in [-0.2, 0) is 19.1 Å². The first-order valence-electron chi connectivity index (χ1n) is 12.0. The molecule has 0 radical (unpaired) electrons. The summed E-state index contributed by atoms with van der Waals surface area (Å²) in [5, 5.41) is 3.97. The van der Waals surface area contributed by atoms with E-state index >= 15 is 0 Å². The molecule has 2 amide bonds. The third-order valence-corrected chi connectivity index (χ3v) is 7.10. The number of anilines is 4. The number of pyridine rings is 2. The van der Waals surface area contributed by atoms with E-state index in [-0.39, 0.29) is 23.9 Å². The zero-order valence-corrected chi connectivity index (χ0v) is 21.5. The number of ether oxygens (including phenoxy) is 2. The molecule has 1 N–H and O–H groups in total. The largest absolute Gasteiger partial charge is 0.377 e. The summed E-state index contributed by atoms with van der Waals surface area (Å²) < 4.78 is 10.9. The maximum Gasteiger partial charge on any atom is 0.230 e. The summed E-state index contributed by atoms with van der Waals surface area (Å²) in [5.74, 6) is 1.36. The smallest absolute Gasteiger partial charge is 0.230 e. The summed E-state index contributed by atoms with van der Waals surface area (Å²) in [4.78, 5) is 38.6. The van der Waals surface area contributed by atoms with E-state index in [0.29, 0.717) is 67.5 Å². The molecule has 4 aliphatic heterocycles. The number of nitrogens with zero attached hydrogens (tertiary/aromatic N) is 5. The van der Waals surface area contributed by atoms with Crippen molar-refractivity contribution in [3.63, 3.8) is 0 Å². The van der Waals surface area contributed by atoms with E-state index in [4.69, 9.17) is 32.7 Å². The van der Waals surface area contributed by atoms with Crippen LogP contribution in [0.15, 0.2) is 24.5 Å². The highest BCUT2D eigenvalue weighted by Gasteiger charge is 2.35. The molecule has 36 heavy (non-hydrogen) atoms. The number of hydrogen-bond acceptors (Lipinski definition) is 8. The van der Waals surface area contributed by atoms with Gasteiger partial charge in [0, 0.05) is 44.9 Å². The number of carbonyl (C=O) groups is 2. The average Bonchev–Trinajstić information content (AvgIpc) is 3.08. The third-order valence-electron chi connectivity index (χ3n) is 6.68. The first-order valence-corrected chi connectivity index (χ1v) is 12.8. The summed E-state index contributed by atoms with van der Waals surface area (Å²) >= 11 is 12.0. The van der Waals surface area contributed by atoms with Crippen molar-refractivity contribution in [3.05, 3.63) is 34.6 Å². The Morgan fingerprint density at radius 1 is 0.944 bits per heavy atom. The Balaban J connectivity index is 0.000000149. The van der Waals surface area contributed by atoms with Gasteiger partial charge in [-0.3, -0.25) is 14.5 Å². The van der Waals surface area contributed by atoms with Gasteiger partial charge in [-0.05, 0) is 19.1 Å². The van der Waals surface area contributed by atoms with Gasteiger partial charge in [-0.15, -0.1) is 0 Å². The fourth-order valence-electron chi connectivity index (χ4n) is 5.02. The second kappa shape index (κ2) is 10.8. The standard InChI is InChI=1S/C13H16ClN3O2.C11H12ClN3O2/c1-2-16-12(18)6-10-8-19-4-3-17(10)11-5-9(14)7-15-13(11)16;12-7-3-9-11(13-5-7)14-10(16)4-8-6-17-2-1-15(8)9/h5,7,10H,2-4,6,8H2,1H3;3,5,8H,1-2,4,6H2,(H,13,14,16). The van der Waals surface area contributed by atoms with Gasteiger partial charge in [0.25, 0.3) is 0 Å². The Bertz CT molecular complexity index is 1150. The molecule has 192 valence electrons. The zero-order chi connectivity index (χ0) is 25.2. The van der Waals surface area contributed by atoms with Gasteiger partial charge in [0.05, 0.1) is 59.9 Å². The molecule has 6 heterocycles. The topological polar surface area (TPSA) is 100 Å². The molecule has 2 fully saturated rings. The summed E-state index contributed by atoms with van der Waals surface area (Å²) in [7, 11) is 0. The minimum absolute atomic E-state index is 0.0286. The fourth-order valence-corrected chi connectivity index (χ4v) is 5.32. The number of morpholine rings is 2. The summed E-state index contributed by atoms with van der Waals surface area (Å²) in [6, 6.07) is 3.89. The molecular formula is C24H28Cl2N6O4. The molecular weight excluding hydrogens is 507 g/mol. The minimum Gasteiger partial charge on any atom is -0.377 e. The molecule has 2 aromatic rings. The zero-order valence-electron chi connectivity index (χ0n) is 20.0. The van der Waals surface area contributed by atoms with Gasteiger partial charge in [-0.25, -0.2) is 9.97 Å². The van der Waals surface area contributed by atoms with E-state index in [1.54, 1.807) is 17.3 Å². The number of hydrogen-bond donors (Lipinski definition) is 1. The molecule has 2 aromatic heterocycles. The molecule has 0 aliphatic carbocycles. The molecule has 12 heteroatoms. The predicted molar refractivity (Wildman–Crippen MR) is 138 cm³/mol. The lowest BCUT2D eigenvalue weighted by molar-refractivity contribution is -0.119. The van der Waals surface area contributed by atoms with Crippen LogP contribution in [0.25, 0.3) is 0 Å². The van der Waals surface area contributed by atoms with Crippen LogP contribution in [0.5, 0.6) is 0 Å². The van der Waals surface area contributed by atoms with E-state index in [9.17, 15) is 9.59 Å². The van der Waals surface area contributed by atoms with E-state index in [1.165, 1.54) is 0 Å². The van der Waals surface area contributed by atoms with Crippen LogP contribution in [0.4, 0.5) is 23.0 Å². The maximum atomic E-state index is 12.3. The first-order chi connectivity index (χ1) is 17.4. The Hall–Kier alpha value is -2.66. The fraction of sp³-hybridized carbons (Fsp3) is 0.500. The van der Waals surface area contributed by atoms with Crippen molar-refractivity contribution in [2.24, 2.45) is 0 Å². The van der Waals surface area contributed by atoms with E-state index in [0.717, 1.165) is 24.5 Å². The van der Waals surface area contributed by atoms with Crippen molar-refractivity contribution in [1.82, 2.24) is 9.97 Å². The van der Waals surface area contributed by atoms with E-state index < -0.39 is 0 Å². The van der Waals surface area contributed by atoms with Crippen LogP contribution in [-0.4, -0.2) is 79.9 Å². The number of amides is 2. The molecule has 0 aromatic carbocycles. The summed E-state index contributed by atoms with van der Waals surface area (Å²) in [5.41, 5.74) is 1.82. The van der Waals surface area contributed by atoms with Crippen LogP contribution in [0.1, 0.15) is 19.8 Å². The van der Waals surface area contributed by atoms with Gasteiger partial charge >= 0.3 is 0 Å². The van der Waals surface area contributed by atoms with Crippen LogP contribution < -0.4 is 20.0 Å². The molecule has 2 saturated heterocycles. The van der Waals surface area contributed by atoms with Crippen LogP contribution in [0.3, 0.4) is 0 Å². The van der Waals surface area contributed by atoms with Crippen molar-refractivity contribution in [1.29, 1.82) is 0 Å². The first kappa shape index (κ1) is 25.0. The Kier molecular flexibility index (Phi) is 7.47. The molecule has 6 rings (SSSR count). The lowest BCUT2D eigenvalue weighted by Crippen LogP contribution is -2.46. The quantitative estimate of drug-likeness (QED) is 0.595. The van der Waals surface area contributed by atoms with Gasteiger partial charge < -0.3 is 24.6 Å². The molecule has 2 atom stereocenters. The molecule has 10 nitrogen and oxygen atoms in total. The number of halogens is 2. The van der Waals surface area contributed by atoms with Crippen molar-refractivity contribution >= 4 is 58.0 Å². The predicted octanol–water partition coefficient (Wildman–Crippen LogP) is 2.98. The van der Waals surface area contributed by atoms with Gasteiger partial charge in [0.15, 0.2) is 11.6 Å². The van der Waals surface area contributed by atoms with Crippen LogP contribution >= 0.6 is 23.2 Å². The number of aromatic nitrogens is 2. The Morgan fingerprint density at radius 3 is 2.25 bits per heavy atom. The van der Waals surface area contributed by atoms with Gasteiger partial charge in [0.1, 0.15) is 0 Å². The SMILES string of the molecule is CCN1C(=O)CC2COCCN2c2cc(Cl)cnc21.O=C1CC2COCCN2c2cc(Cl)cnc2N1. The maximum absolute atomic E-state index is 12.3. The Labute approximate surface area is 219 Å². The average molecular weight is 535 g/mol. The number of fused-ring (bicyclic) bond motifs is 6. The second-order valence-corrected chi connectivity index (χ2v) is 9.83. The summed E-state index contributed by atoms with van der Waals surface area (Å²) in [6.45, 7) is 6.58. The number of carbonyl (C=O) groups excluding carboxylic acids is 2. The molecule has 4 aliphatic rings. The van der Waals surface area contributed by atoms with Gasteiger partial charge in [0.2, 0.25) is 11.8 Å². The summed E-state index contributed by atoms with van der Waals surface area (Å²) in [6.07, 6.45) is 4.02. The van der Waals surface area contributed by atoms with Crippen molar-refractivity contribution < 1.29 is 19.1 Å². The van der Waals surface area contributed by atoms with Gasteiger partial charge in [-0.1, -0.05) is 23.2 Å². The lowest BCUT2D eigenvalue weighted by Gasteiger charge is -2.35. The van der Waals surface area contributed by atoms with E-state index in [1.807, 2.05) is 19.1 Å². The third kappa shape index (κ3) is 5.08. The lowest BCUT2D eigenvalue weighted by atomic mass is 10.1. The molecule has 0 spiro atoms. The number of nitrogens with one attached hydrogen (secondary N) is 1. The van der Waals surface area contributed by atoms with Gasteiger partial charge in [-0.2, -0.15) is 0 Å². The van der Waals surface area contributed by atoms with Crippen molar-refractivity contribution in [2.45, 2.75) is 31.8 Å². The highest BCUT2D eigenvalue weighted by Crippen LogP contribution is 2.36. The minimum atomic E-state index is -0.0286. The Morgan fingerprint density at radius 2 is 1.56 bits per heavy atom. The highest BCUT2D eigenvalue weighted by molar-refractivity contribution is 6.31. The van der Waals surface area contributed by atoms with Crippen LogP contribution in [0, 0.1) is 0 Å². The highest BCUT2D eigenvalue weighted by atomic mass is 35.5. The monoisotopic (exact) mass is 534 g/mol. The van der Waals surface area contributed by atoms with Crippen molar-refractivity contribution in [2.75, 3.05) is 66.1 Å². The van der Waals surface area contributed by atoms with E-state index in [2.05, 4.69) is 25.1 Å². The van der Waals surface area contributed by atoms with Crippen LogP contribution in [0.2, 0.25) is 10.0 Å². The second-order valence-electron chi connectivity index (χ2n) is 8.96. The number of rotatable bonds is 1. The molecule has 2 unspecified atom stereocenters. The van der Waals surface area contributed by atoms with Crippen molar-refractivity contribution in [3.8, 4) is 0 Å².